The van der Waals surface area contributed by atoms with Crippen molar-refractivity contribution in [1.82, 2.24) is 4.72 Å². The highest BCUT2D eigenvalue weighted by Crippen LogP contribution is 2.51. The lowest BCUT2D eigenvalue weighted by Crippen LogP contribution is -2.38. The number of benzene rings is 1. The van der Waals surface area contributed by atoms with E-state index >= 15 is 0 Å². The highest BCUT2D eigenvalue weighted by molar-refractivity contribution is 7.89. The highest BCUT2D eigenvalue weighted by Gasteiger charge is 2.45. The Kier molecular flexibility index (Phi) is 3.57. The number of sulfonamides is 1. The minimum atomic E-state index is -3.64. The van der Waals surface area contributed by atoms with Crippen LogP contribution in [0.3, 0.4) is 0 Å². The third kappa shape index (κ3) is 2.66. The molecule has 1 N–H and O–H groups in total. The third-order valence-electron chi connectivity index (χ3n) is 4.82. The fourth-order valence-corrected chi connectivity index (χ4v) is 4.67. The molecule has 118 valence electrons. The molecule has 3 rings (SSSR count). The molecule has 2 aliphatic rings. The SMILES string of the molecule is C[C@@]1(CNS(=O)(=O)c2ccc([N+](=O)[O-])cc2)C[C@H]2C=C[C@@H]1C2. The number of fused-ring (bicyclic) bond motifs is 2. The van der Waals surface area contributed by atoms with E-state index < -0.39 is 14.9 Å². The minimum absolute atomic E-state index is 0.0483. The highest BCUT2D eigenvalue weighted by atomic mass is 32.2. The molecule has 0 heterocycles. The molecular weight excluding hydrogens is 304 g/mol. The molecule has 1 aromatic carbocycles. The first kappa shape index (κ1) is 15.2. The van der Waals surface area contributed by atoms with E-state index in [2.05, 4.69) is 23.8 Å². The maximum atomic E-state index is 12.3. The summed E-state index contributed by atoms with van der Waals surface area (Å²) in [5, 5.41) is 10.6. The zero-order valence-electron chi connectivity index (χ0n) is 12.2. The van der Waals surface area contributed by atoms with Gasteiger partial charge in [-0.2, -0.15) is 0 Å². The number of hydrogen-bond donors (Lipinski definition) is 1. The van der Waals surface area contributed by atoms with Crippen LogP contribution < -0.4 is 4.72 Å². The van der Waals surface area contributed by atoms with Gasteiger partial charge in [-0.1, -0.05) is 19.1 Å². The average molecular weight is 322 g/mol. The predicted molar refractivity (Wildman–Crippen MR) is 81.7 cm³/mol. The lowest BCUT2D eigenvalue weighted by Gasteiger charge is -2.31. The molecule has 0 radical (unpaired) electrons. The van der Waals surface area contributed by atoms with Crippen molar-refractivity contribution in [1.29, 1.82) is 0 Å². The predicted octanol–water partition coefficient (Wildman–Crippen LogP) is 2.48. The molecule has 6 nitrogen and oxygen atoms in total. The molecule has 1 saturated carbocycles. The van der Waals surface area contributed by atoms with Crippen LogP contribution in [0.4, 0.5) is 5.69 Å². The number of nitrogens with one attached hydrogen (secondary N) is 1. The molecule has 2 bridgehead atoms. The largest absolute Gasteiger partial charge is 0.269 e. The Morgan fingerprint density at radius 2 is 2.00 bits per heavy atom. The number of nitro benzene ring substituents is 1. The van der Waals surface area contributed by atoms with Crippen LogP contribution in [0.5, 0.6) is 0 Å². The Bertz CT molecular complexity index is 726. The fourth-order valence-electron chi connectivity index (χ4n) is 3.49. The molecule has 3 atom stereocenters. The van der Waals surface area contributed by atoms with Gasteiger partial charge in [0, 0.05) is 18.7 Å². The number of rotatable bonds is 5. The molecule has 7 heteroatoms. The van der Waals surface area contributed by atoms with Crippen molar-refractivity contribution in [2.45, 2.75) is 24.7 Å². The maximum absolute atomic E-state index is 12.3. The minimum Gasteiger partial charge on any atom is -0.258 e. The molecule has 1 aromatic rings. The van der Waals surface area contributed by atoms with Gasteiger partial charge in [-0.05, 0) is 42.2 Å². The molecule has 22 heavy (non-hydrogen) atoms. The van der Waals surface area contributed by atoms with Crippen molar-refractivity contribution in [3.05, 3.63) is 46.5 Å². The summed E-state index contributed by atoms with van der Waals surface area (Å²) in [6.07, 6.45) is 6.51. The van der Waals surface area contributed by atoms with E-state index in [4.69, 9.17) is 0 Å². The third-order valence-corrected chi connectivity index (χ3v) is 6.24. The van der Waals surface area contributed by atoms with Gasteiger partial charge in [0.1, 0.15) is 0 Å². The smallest absolute Gasteiger partial charge is 0.258 e. The summed E-state index contributed by atoms with van der Waals surface area (Å²) in [6.45, 7) is 2.50. The summed E-state index contributed by atoms with van der Waals surface area (Å²) >= 11 is 0. The van der Waals surface area contributed by atoms with Crippen molar-refractivity contribution in [3.8, 4) is 0 Å². The van der Waals surface area contributed by atoms with Crippen molar-refractivity contribution in [2.75, 3.05) is 6.54 Å². The first-order chi connectivity index (χ1) is 10.3. The second kappa shape index (κ2) is 5.17. The van der Waals surface area contributed by atoms with Crippen LogP contribution in [-0.4, -0.2) is 19.9 Å². The molecule has 0 unspecified atom stereocenters. The van der Waals surface area contributed by atoms with Gasteiger partial charge >= 0.3 is 0 Å². The van der Waals surface area contributed by atoms with E-state index in [1.807, 2.05) is 0 Å². The lowest BCUT2D eigenvalue weighted by molar-refractivity contribution is -0.384. The van der Waals surface area contributed by atoms with Crippen LogP contribution in [0, 0.1) is 27.4 Å². The fraction of sp³-hybridized carbons (Fsp3) is 0.467. The molecule has 2 aliphatic carbocycles. The van der Waals surface area contributed by atoms with E-state index in [1.165, 1.54) is 24.3 Å². The summed E-state index contributed by atoms with van der Waals surface area (Å²) in [5.74, 6) is 0.996. The van der Waals surface area contributed by atoms with Crippen molar-refractivity contribution < 1.29 is 13.3 Å². The van der Waals surface area contributed by atoms with Crippen molar-refractivity contribution >= 4 is 15.7 Å². The summed E-state index contributed by atoms with van der Waals surface area (Å²) < 4.78 is 27.3. The van der Waals surface area contributed by atoms with E-state index in [9.17, 15) is 18.5 Å². The van der Waals surface area contributed by atoms with Gasteiger partial charge in [0.25, 0.3) is 5.69 Å². The maximum Gasteiger partial charge on any atom is 0.269 e. The van der Waals surface area contributed by atoms with Gasteiger partial charge in [-0.25, -0.2) is 13.1 Å². The first-order valence-electron chi connectivity index (χ1n) is 7.23. The molecule has 0 spiro atoms. The Morgan fingerprint density at radius 3 is 2.50 bits per heavy atom. The Labute approximate surface area is 129 Å². The first-order valence-corrected chi connectivity index (χ1v) is 8.71. The van der Waals surface area contributed by atoms with Crippen molar-refractivity contribution in [2.24, 2.45) is 17.3 Å². The summed E-state index contributed by atoms with van der Waals surface area (Å²) in [5.41, 5.74) is -0.170. The van der Waals surface area contributed by atoms with Gasteiger partial charge in [0.2, 0.25) is 10.0 Å². The van der Waals surface area contributed by atoms with Gasteiger partial charge in [-0.15, -0.1) is 0 Å². The second-order valence-electron chi connectivity index (χ2n) is 6.42. The molecule has 0 aromatic heterocycles. The standard InChI is InChI=1S/C15H18N2O4S/c1-15(9-11-2-3-12(15)8-11)10-16-22(20,21)14-6-4-13(5-7-14)17(18)19/h2-7,11-12,16H,8-10H2,1H3/t11-,12+,15-/m0/s1. The van der Waals surface area contributed by atoms with Crippen LogP contribution in [-0.2, 0) is 10.0 Å². The van der Waals surface area contributed by atoms with Gasteiger partial charge in [0.05, 0.1) is 9.82 Å². The molecular formula is C15H18N2O4S. The van der Waals surface area contributed by atoms with E-state index in [0.717, 1.165) is 12.8 Å². The van der Waals surface area contributed by atoms with E-state index in [1.54, 1.807) is 0 Å². The number of non-ortho nitro benzene ring substituents is 1. The molecule has 0 saturated heterocycles. The Balaban J connectivity index is 1.71. The van der Waals surface area contributed by atoms with Crippen LogP contribution in [0.2, 0.25) is 0 Å². The van der Waals surface area contributed by atoms with Crippen LogP contribution in [0.25, 0.3) is 0 Å². The second-order valence-corrected chi connectivity index (χ2v) is 8.19. The van der Waals surface area contributed by atoms with Gasteiger partial charge in [0.15, 0.2) is 0 Å². The van der Waals surface area contributed by atoms with Crippen molar-refractivity contribution in [3.63, 3.8) is 0 Å². The molecule has 0 aliphatic heterocycles. The summed E-state index contributed by atoms with van der Waals surface area (Å²) in [7, 11) is -3.64. The Morgan fingerprint density at radius 1 is 1.32 bits per heavy atom. The van der Waals surface area contributed by atoms with Crippen LogP contribution in [0.15, 0.2) is 41.3 Å². The van der Waals surface area contributed by atoms with E-state index in [0.29, 0.717) is 18.4 Å². The summed E-state index contributed by atoms with van der Waals surface area (Å²) in [4.78, 5) is 10.1. The summed E-state index contributed by atoms with van der Waals surface area (Å²) in [6, 6.07) is 4.94. The zero-order valence-corrected chi connectivity index (χ0v) is 13.0. The topological polar surface area (TPSA) is 89.3 Å². The number of allylic oxidation sites excluding steroid dienone is 2. The van der Waals surface area contributed by atoms with Crippen LogP contribution >= 0.6 is 0 Å². The molecule has 0 amide bonds. The molecule has 1 fully saturated rings. The normalized spacial score (nSPS) is 29.9. The monoisotopic (exact) mass is 322 g/mol. The van der Waals surface area contributed by atoms with Gasteiger partial charge in [-0.3, -0.25) is 10.1 Å². The number of nitro groups is 1. The van der Waals surface area contributed by atoms with Crippen LogP contribution in [0.1, 0.15) is 19.8 Å². The van der Waals surface area contributed by atoms with Gasteiger partial charge < -0.3 is 0 Å². The lowest BCUT2D eigenvalue weighted by atomic mass is 9.78. The Hall–Kier alpha value is -1.73. The zero-order chi connectivity index (χ0) is 16.0. The average Bonchev–Trinajstić information content (AvgIpc) is 3.06. The number of hydrogen-bond acceptors (Lipinski definition) is 4. The quantitative estimate of drug-likeness (QED) is 0.512. The van der Waals surface area contributed by atoms with E-state index in [-0.39, 0.29) is 16.0 Å². The number of nitrogens with zero attached hydrogens (tertiary/aromatic N) is 1.